The molecule has 0 radical (unpaired) electrons. The Morgan fingerprint density at radius 3 is 2.44 bits per heavy atom. The van der Waals surface area contributed by atoms with Gasteiger partial charge >= 0.3 is 0 Å². The summed E-state index contributed by atoms with van der Waals surface area (Å²) in [7, 11) is 0. The van der Waals surface area contributed by atoms with Crippen LogP contribution >= 0.6 is 0 Å². The van der Waals surface area contributed by atoms with E-state index in [1.165, 1.54) is 12.1 Å². The lowest BCUT2D eigenvalue weighted by Gasteiger charge is -2.07. The number of para-hydroxylation sites is 1. The minimum Gasteiger partial charge on any atom is -0.248 e. The number of aryl methyl sites for hydroxylation is 1. The van der Waals surface area contributed by atoms with Gasteiger partial charge in [-0.15, -0.1) is 0 Å². The molecule has 0 N–H and O–H groups in total. The predicted octanol–water partition coefficient (Wildman–Crippen LogP) is 4.35. The van der Waals surface area contributed by atoms with Crippen molar-refractivity contribution in [2.75, 3.05) is 0 Å². The molecule has 1 aromatic heterocycles. The third-order valence-electron chi connectivity index (χ3n) is 3.03. The Balaban J connectivity index is 2.22. The lowest BCUT2D eigenvalue weighted by atomic mass is 10.0. The van der Waals surface area contributed by atoms with Gasteiger partial charge in [0.15, 0.2) is 0 Å². The number of nitrogens with zero attached hydrogens (tertiary/aromatic N) is 1. The van der Waals surface area contributed by atoms with Gasteiger partial charge in [-0.1, -0.05) is 18.2 Å². The van der Waals surface area contributed by atoms with Crippen molar-refractivity contribution in [2.45, 2.75) is 6.92 Å². The fourth-order valence-electron chi connectivity index (χ4n) is 2.12. The summed E-state index contributed by atoms with van der Waals surface area (Å²) in [6.07, 6.45) is 0. The first kappa shape index (κ1) is 10.9. The van der Waals surface area contributed by atoms with Crippen LogP contribution in [0.4, 0.5) is 4.39 Å². The molecule has 1 heterocycles. The third kappa shape index (κ3) is 1.86. The van der Waals surface area contributed by atoms with Crippen molar-refractivity contribution in [1.29, 1.82) is 0 Å². The van der Waals surface area contributed by atoms with Crippen LogP contribution in [0.1, 0.15) is 5.56 Å². The molecule has 1 nitrogen and oxygen atoms in total. The molecular formula is C16H12FN. The molecule has 0 atom stereocenters. The van der Waals surface area contributed by atoms with Gasteiger partial charge in [0.05, 0.1) is 11.2 Å². The molecule has 0 amide bonds. The van der Waals surface area contributed by atoms with E-state index in [0.29, 0.717) is 0 Å². The van der Waals surface area contributed by atoms with Crippen molar-refractivity contribution in [1.82, 2.24) is 4.98 Å². The Kier molecular flexibility index (Phi) is 2.56. The number of hydrogen-bond donors (Lipinski definition) is 0. The SMILES string of the molecule is Cc1cc2ccccc2nc1-c1ccc(F)cc1. The summed E-state index contributed by atoms with van der Waals surface area (Å²) < 4.78 is 12.9. The highest BCUT2D eigenvalue weighted by molar-refractivity contribution is 5.83. The van der Waals surface area contributed by atoms with Gasteiger partial charge in [-0.2, -0.15) is 0 Å². The van der Waals surface area contributed by atoms with Gasteiger partial charge in [0.2, 0.25) is 0 Å². The molecule has 0 saturated heterocycles. The fourth-order valence-corrected chi connectivity index (χ4v) is 2.12. The van der Waals surface area contributed by atoms with Crippen LogP contribution in [0.25, 0.3) is 22.2 Å². The van der Waals surface area contributed by atoms with Gasteiger partial charge in [0.1, 0.15) is 5.82 Å². The van der Waals surface area contributed by atoms with Gasteiger partial charge in [0.25, 0.3) is 0 Å². The smallest absolute Gasteiger partial charge is 0.123 e. The van der Waals surface area contributed by atoms with Crippen LogP contribution in [0, 0.1) is 12.7 Å². The van der Waals surface area contributed by atoms with Crippen molar-refractivity contribution in [2.24, 2.45) is 0 Å². The Bertz CT molecular complexity index is 702. The third-order valence-corrected chi connectivity index (χ3v) is 3.03. The molecule has 0 bridgehead atoms. The van der Waals surface area contributed by atoms with Gasteiger partial charge in [-0.05, 0) is 48.9 Å². The maximum absolute atomic E-state index is 12.9. The van der Waals surface area contributed by atoms with E-state index in [0.717, 1.165) is 27.7 Å². The molecule has 18 heavy (non-hydrogen) atoms. The lowest BCUT2D eigenvalue weighted by molar-refractivity contribution is 0.628. The van der Waals surface area contributed by atoms with Crippen molar-refractivity contribution in [3.63, 3.8) is 0 Å². The largest absolute Gasteiger partial charge is 0.248 e. The average Bonchev–Trinajstić information content (AvgIpc) is 2.39. The van der Waals surface area contributed by atoms with Crippen LogP contribution in [0.3, 0.4) is 0 Å². The minimum atomic E-state index is -0.225. The maximum Gasteiger partial charge on any atom is 0.123 e. The summed E-state index contributed by atoms with van der Waals surface area (Å²) >= 11 is 0. The number of rotatable bonds is 1. The van der Waals surface area contributed by atoms with Crippen LogP contribution < -0.4 is 0 Å². The second kappa shape index (κ2) is 4.22. The van der Waals surface area contributed by atoms with Crippen molar-refractivity contribution >= 4 is 10.9 Å². The Labute approximate surface area is 105 Å². The van der Waals surface area contributed by atoms with Gasteiger partial charge in [-0.25, -0.2) is 9.37 Å². The van der Waals surface area contributed by atoms with E-state index >= 15 is 0 Å². The van der Waals surface area contributed by atoms with E-state index in [9.17, 15) is 4.39 Å². The van der Waals surface area contributed by atoms with Crippen LogP contribution in [0.2, 0.25) is 0 Å². The molecule has 0 aliphatic carbocycles. The van der Waals surface area contributed by atoms with Gasteiger partial charge in [-0.3, -0.25) is 0 Å². The summed E-state index contributed by atoms with van der Waals surface area (Å²) in [4.78, 5) is 4.65. The molecule has 0 spiro atoms. The number of aromatic nitrogens is 1. The number of hydrogen-bond acceptors (Lipinski definition) is 1. The topological polar surface area (TPSA) is 12.9 Å². The summed E-state index contributed by atoms with van der Waals surface area (Å²) in [6, 6.07) is 16.6. The molecule has 0 aliphatic rings. The lowest BCUT2D eigenvalue weighted by Crippen LogP contribution is -1.90. The Morgan fingerprint density at radius 2 is 1.67 bits per heavy atom. The highest BCUT2D eigenvalue weighted by Gasteiger charge is 2.05. The molecular weight excluding hydrogens is 225 g/mol. The standard InChI is InChI=1S/C16H12FN/c1-11-10-13-4-2-3-5-15(13)18-16(11)12-6-8-14(17)9-7-12/h2-10H,1H3. The zero-order valence-corrected chi connectivity index (χ0v) is 10.0. The Morgan fingerprint density at radius 1 is 0.944 bits per heavy atom. The van der Waals surface area contributed by atoms with Crippen molar-refractivity contribution < 1.29 is 4.39 Å². The molecule has 2 aromatic carbocycles. The first-order chi connectivity index (χ1) is 8.74. The highest BCUT2D eigenvalue weighted by atomic mass is 19.1. The number of fused-ring (bicyclic) bond motifs is 1. The van der Waals surface area contributed by atoms with Crippen LogP contribution in [0.15, 0.2) is 54.6 Å². The number of halogens is 1. The maximum atomic E-state index is 12.9. The molecule has 3 rings (SSSR count). The highest BCUT2D eigenvalue weighted by Crippen LogP contribution is 2.25. The fraction of sp³-hybridized carbons (Fsp3) is 0.0625. The summed E-state index contributed by atoms with van der Waals surface area (Å²) in [6.45, 7) is 2.03. The van der Waals surface area contributed by atoms with E-state index in [1.54, 1.807) is 12.1 Å². The van der Waals surface area contributed by atoms with Crippen LogP contribution in [-0.2, 0) is 0 Å². The molecule has 3 aromatic rings. The second-order valence-electron chi connectivity index (χ2n) is 4.35. The number of pyridine rings is 1. The zero-order valence-electron chi connectivity index (χ0n) is 10.0. The van der Waals surface area contributed by atoms with E-state index in [4.69, 9.17) is 0 Å². The normalized spacial score (nSPS) is 10.8. The zero-order chi connectivity index (χ0) is 12.5. The predicted molar refractivity (Wildman–Crippen MR) is 71.9 cm³/mol. The number of benzene rings is 2. The molecule has 2 heteroatoms. The summed E-state index contributed by atoms with van der Waals surface area (Å²) in [5, 5.41) is 1.13. The minimum absolute atomic E-state index is 0.225. The van der Waals surface area contributed by atoms with E-state index in [-0.39, 0.29) is 5.82 Å². The van der Waals surface area contributed by atoms with Crippen LogP contribution in [0.5, 0.6) is 0 Å². The van der Waals surface area contributed by atoms with E-state index < -0.39 is 0 Å². The van der Waals surface area contributed by atoms with E-state index in [2.05, 4.69) is 11.1 Å². The second-order valence-corrected chi connectivity index (χ2v) is 4.35. The first-order valence-corrected chi connectivity index (χ1v) is 5.86. The average molecular weight is 237 g/mol. The Hall–Kier alpha value is -2.22. The monoisotopic (exact) mass is 237 g/mol. The van der Waals surface area contributed by atoms with Gasteiger partial charge < -0.3 is 0 Å². The van der Waals surface area contributed by atoms with Crippen LogP contribution in [-0.4, -0.2) is 4.98 Å². The first-order valence-electron chi connectivity index (χ1n) is 5.86. The van der Waals surface area contributed by atoms with Crippen molar-refractivity contribution in [3.8, 4) is 11.3 Å². The molecule has 0 fully saturated rings. The summed E-state index contributed by atoms with van der Waals surface area (Å²) in [5.41, 5.74) is 3.91. The molecule has 0 unspecified atom stereocenters. The quantitative estimate of drug-likeness (QED) is 0.613. The van der Waals surface area contributed by atoms with Gasteiger partial charge in [0, 0.05) is 10.9 Å². The summed E-state index contributed by atoms with van der Waals surface area (Å²) in [5.74, 6) is -0.225. The molecule has 88 valence electrons. The molecule has 0 aliphatic heterocycles. The van der Waals surface area contributed by atoms with E-state index in [1.807, 2.05) is 31.2 Å². The van der Waals surface area contributed by atoms with Crippen molar-refractivity contribution in [3.05, 3.63) is 66.0 Å². The molecule has 0 saturated carbocycles.